The van der Waals surface area contributed by atoms with Crippen LogP contribution in [0.2, 0.25) is 0 Å². The lowest BCUT2D eigenvalue weighted by Crippen LogP contribution is -2.52. The van der Waals surface area contributed by atoms with Crippen LogP contribution in [0.5, 0.6) is 0 Å². The number of unbranched alkanes of at least 4 members (excludes halogenated alkanes) is 1. The van der Waals surface area contributed by atoms with E-state index in [9.17, 15) is 14.4 Å². The van der Waals surface area contributed by atoms with Crippen molar-refractivity contribution < 1.29 is 18.8 Å². The Labute approximate surface area is 204 Å². The topological polar surface area (TPSA) is 73.0 Å². The molecule has 3 heterocycles. The van der Waals surface area contributed by atoms with Gasteiger partial charge in [0.2, 0.25) is 11.8 Å². The van der Waals surface area contributed by atoms with Gasteiger partial charge in [0.05, 0.1) is 5.69 Å². The zero-order valence-electron chi connectivity index (χ0n) is 19.8. The molecule has 7 nitrogen and oxygen atoms in total. The first-order valence-corrected chi connectivity index (χ1v) is 12.5. The van der Waals surface area contributed by atoms with E-state index in [1.807, 2.05) is 6.07 Å². The molecule has 35 heavy (non-hydrogen) atoms. The van der Waals surface area contributed by atoms with Gasteiger partial charge >= 0.3 is 0 Å². The van der Waals surface area contributed by atoms with E-state index in [1.165, 1.54) is 16.5 Å². The minimum Gasteiger partial charge on any atom is -0.367 e. The van der Waals surface area contributed by atoms with Crippen LogP contribution in [0.15, 0.2) is 42.5 Å². The Balaban J connectivity index is 1.15. The minimum absolute atomic E-state index is 0.201. The van der Waals surface area contributed by atoms with Crippen LogP contribution in [0, 0.1) is 5.82 Å². The van der Waals surface area contributed by atoms with Gasteiger partial charge < -0.3 is 9.80 Å². The van der Waals surface area contributed by atoms with Crippen molar-refractivity contribution in [3.8, 4) is 0 Å². The van der Waals surface area contributed by atoms with Crippen LogP contribution >= 0.6 is 0 Å². The third kappa shape index (κ3) is 5.07. The predicted molar refractivity (Wildman–Crippen MR) is 130 cm³/mol. The lowest BCUT2D eigenvalue weighted by molar-refractivity contribution is -0.136. The second-order valence-electron chi connectivity index (χ2n) is 9.63. The quantitative estimate of drug-likeness (QED) is 0.490. The van der Waals surface area contributed by atoms with Gasteiger partial charge in [0, 0.05) is 44.7 Å². The van der Waals surface area contributed by atoms with Gasteiger partial charge in [-0.15, -0.1) is 0 Å². The summed E-state index contributed by atoms with van der Waals surface area (Å²) in [6.07, 6.45) is 3.89. The van der Waals surface area contributed by atoms with Crippen LogP contribution in [0.25, 0.3) is 0 Å². The molecule has 2 saturated heterocycles. The number of carbonyl (C=O) groups excluding carboxylic acids is 3. The number of nitrogens with zero attached hydrogens (tertiary/aromatic N) is 3. The maximum atomic E-state index is 15.1. The highest BCUT2D eigenvalue weighted by Crippen LogP contribution is 2.33. The molecule has 5 rings (SSSR count). The number of imide groups is 1. The number of hydrogen-bond acceptors (Lipinski definition) is 5. The number of piperidine rings is 1. The van der Waals surface area contributed by atoms with E-state index < -0.39 is 17.8 Å². The van der Waals surface area contributed by atoms with E-state index in [0.717, 1.165) is 57.5 Å². The molecule has 0 radical (unpaired) electrons. The molecule has 8 heteroatoms. The molecular weight excluding hydrogens is 447 g/mol. The van der Waals surface area contributed by atoms with Crippen LogP contribution in [-0.4, -0.2) is 66.3 Å². The highest BCUT2D eigenvalue weighted by Gasteiger charge is 2.39. The fraction of sp³-hybridized carbons (Fsp3) is 0.444. The monoisotopic (exact) mass is 478 g/mol. The molecule has 184 valence electrons. The van der Waals surface area contributed by atoms with Gasteiger partial charge in [0.25, 0.3) is 5.91 Å². The number of carbonyl (C=O) groups is 3. The molecule has 0 aliphatic carbocycles. The van der Waals surface area contributed by atoms with Crippen molar-refractivity contribution in [2.75, 3.05) is 37.6 Å². The largest absolute Gasteiger partial charge is 0.367 e. The van der Waals surface area contributed by atoms with E-state index >= 15 is 4.39 Å². The predicted octanol–water partition coefficient (Wildman–Crippen LogP) is 2.73. The Morgan fingerprint density at radius 1 is 0.971 bits per heavy atom. The van der Waals surface area contributed by atoms with E-state index in [4.69, 9.17) is 0 Å². The van der Waals surface area contributed by atoms with Crippen LogP contribution < -0.4 is 10.2 Å². The van der Waals surface area contributed by atoms with E-state index in [2.05, 4.69) is 39.4 Å². The number of piperazine rings is 1. The Kier molecular flexibility index (Phi) is 6.81. The van der Waals surface area contributed by atoms with Crippen molar-refractivity contribution in [3.63, 3.8) is 0 Å². The molecule has 1 N–H and O–H groups in total. The number of amides is 3. The van der Waals surface area contributed by atoms with Gasteiger partial charge in [-0.2, -0.15) is 0 Å². The van der Waals surface area contributed by atoms with E-state index in [1.54, 1.807) is 6.07 Å². The number of aryl methyl sites for hydroxylation is 1. The molecule has 3 amide bonds. The molecule has 0 aromatic heterocycles. The van der Waals surface area contributed by atoms with Crippen molar-refractivity contribution in [1.29, 1.82) is 0 Å². The Bertz CT molecular complexity index is 1110. The van der Waals surface area contributed by atoms with Gasteiger partial charge in [0.15, 0.2) is 0 Å². The number of benzene rings is 2. The highest BCUT2D eigenvalue weighted by molar-refractivity contribution is 6.05. The third-order valence-electron chi connectivity index (χ3n) is 7.34. The second kappa shape index (κ2) is 10.2. The first-order chi connectivity index (χ1) is 17.0. The fourth-order valence-corrected chi connectivity index (χ4v) is 5.34. The van der Waals surface area contributed by atoms with Crippen LogP contribution in [0.1, 0.15) is 47.2 Å². The average molecular weight is 479 g/mol. The molecule has 0 saturated carbocycles. The van der Waals surface area contributed by atoms with Crippen molar-refractivity contribution in [2.24, 2.45) is 0 Å². The zero-order chi connectivity index (χ0) is 24.4. The Morgan fingerprint density at radius 3 is 2.49 bits per heavy atom. The summed E-state index contributed by atoms with van der Waals surface area (Å²) in [5.74, 6) is -1.53. The van der Waals surface area contributed by atoms with Crippen LogP contribution in [-0.2, 0) is 22.6 Å². The van der Waals surface area contributed by atoms with Crippen LogP contribution in [0.4, 0.5) is 10.1 Å². The first-order valence-electron chi connectivity index (χ1n) is 12.5. The molecule has 1 atom stereocenters. The number of halogens is 1. The molecular formula is C27H31FN4O3. The van der Waals surface area contributed by atoms with Gasteiger partial charge in [-0.1, -0.05) is 30.3 Å². The smallest absolute Gasteiger partial charge is 0.255 e. The molecule has 1 unspecified atom stereocenters. The average Bonchev–Trinajstić information content (AvgIpc) is 3.17. The molecule has 3 aliphatic heterocycles. The molecule has 0 spiro atoms. The summed E-state index contributed by atoms with van der Waals surface area (Å²) in [4.78, 5) is 42.6. The van der Waals surface area contributed by atoms with Gasteiger partial charge in [0.1, 0.15) is 11.9 Å². The lowest BCUT2D eigenvalue weighted by atomic mass is 10.0. The van der Waals surface area contributed by atoms with Gasteiger partial charge in [-0.3, -0.25) is 24.6 Å². The fourth-order valence-electron chi connectivity index (χ4n) is 5.34. The molecule has 3 aliphatic rings. The number of fused-ring (bicyclic) bond motifs is 1. The highest BCUT2D eigenvalue weighted by atomic mass is 19.1. The van der Waals surface area contributed by atoms with Crippen molar-refractivity contribution in [2.45, 2.75) is 44.7 Å². The van der Waals surface area contributed by atoms with E-state index in [-0.39, 0.29) is 24.8 Å². The molecule has 2 aromatic carbocycles. The third-order valence-corrected chi connectivity index (χ3v) is 7.34. The summed E-state index contributed by atoms with van der Waals surface area (Å²) in [5.41, 5.74) is 2.94. The standard InChI is InChI=1S/C27H31FN4O3/c28-22-17-21-20(18-32(27(21)35)23-9-10-25(33)29-26(23)34)16-24(22)31-14-12-30(13-15-31)11-5-4-8-19-6-2-1-3-7-19/h1-3,6-7,16-17,23H,4-5,8-15,18H2,(H,29,33,34). The van der Waals surface area contributed by atoms with E-state index in [0.29, 0.717) is 17.7 Å². The Hall–Kier alpha value is -3.26. The summed E-state index contributed by atoms with van der Waals surface area (Å²) in [5, 5.41) is 2.30. The number of hydrogen-bond donors (Lipinski definition) is 1. The summed E-state index contributed by atoms with van der Waals surface area (Å²) >= 11 is 0. The van der Waals surface area contributed by atoms with Crippen molar-refractivity contribution >= 4 is 23.4 Å². The van der Waals surface area contributed by atoms with Gasteiger partial charge in [-0.25, -0.2) is 4.39 Å². The van der Waals surface area contributed by atoms with Gasteiger partial charge in [-0.05, 0) is 55.5 Å². The number of anilines is 1. The zero-order valence-corrected chi connectivity index (χ0v) is 19.8. The summed E-state index contributed by atoms with van der Waals surface area (Å²) in [6.45, 7) is 4.53. The lowest BCUT2D eigenvalue weighted by Gasteiger charge is -2.36. The minimum atomic E-state index is -0.690. The summed E-state index contributed by atoms with van der Waals surface area (Å²) < 4.78 is 15.1. The normalized spacial score (nSPS) is 20.8. The molecule has 2 aromatic rings. The SMILES string of the molecule is O=C1CCC(N2Cc3cc(N4CCN(CCCCc5ccccc5)CC4)c(F)cc3C2=O)C(=O)N1. The number of nitrogens with one attached hydrogen (secondary N) is 1. The second-order valence-corrected chi connectivity index (χ2v) is 9.63. The molecule has 0 bridgehead atoms. The number of rotatable bonds is 7. The first kappa shape index (κ1) is 23.5. The van der Waals surface area contributed by atoms with Crippen molar-refractivity contribution in [1.82, 2.24) is 15.1 Å². The summed E-state index contributed by atoms with van der Waals surface area (Å²) in [6, 6.07) is 12.9. The maximum Gasteiger partial charge on any atom is 0.255 e. The Morgan fingerprint density at radius 2 is 1.74 bits per heavy atom. The van der Waals surface area contributed by atoms with Crippen LogP contribution in [0.3, 0.4) is 0 Å². The summed E-state index contributed by atoms with van der Waals surface area (Å²) in [7, 11) is 0. The maximum absolute atomic E-state index is 15.1. The molecule has 2 fully saturated rings. The van der Waals surface area contributed by atoms with Crippen molar-refractivity contribution in [3.05, 3.63) is 65.0 Å².